The van der Waals surface area contributed by atoms with E-state index in [-0.39, 0.29) is 0 Å². The topological polar surface area (TPSA) is 61.4 Å². The Morgan fingerprint density at radius 2 is 1.75 bits per heavy atom. The van der Waals surface area contributed by atoms with Crippen molar-refractivity contribution >= 4 is 61.9 Å². The summed E-state index contributed by atoms with van der Waals surface area (Å²) in [4.78, 5) is 0.298. The molecular formula is C19H21Cl2N3O2S2. The lowest BCUT2D eigenvalue weighted by Gasteiger charge is -2.26. The number of nitrogens with zero attached hydrogens (tertiary/aromatic N) is 1. The summed E-state index contributed by atoms with van der Waals surface area (Å²) in [5, 5.41) is 7.28. The third-order valence-corrected chi connectivity index (χ3v) is 7.35. The van der Waals surface area contributed by atoms with Crippen molar-refractivity contribution < 1.29 is 8.42 Å². The Morgan fingerprint density at radius 3 is 2.43 bits per heavy atom. The Morgan fingerprint density at radius 1 is 1.04 bits per heavy atom. The predicted octanol–water partition coefficient (Wildman–Crippen LogP) is 5.29. The summed E-state index contributed by atoms with van der Waals surface area (Å²) in [6.07, 6.45) is 2.86. The number of thiocarbonyl (C=S) groups is 1. The zero-order chi connectivity index (χ0) is 20.3. The highest BCUT2D eigenvalue weighted by Gasteiger charge is 2.27. The van der Waals surface area contributed by atoms with Crippen LogP contribution in [0.4, 0.5) is 11.4 Å². The first-order valence-electron chi connectivity index (χ1n) is 8.91. The molecule has 0 saturated carbocycles. The maximum atomic E-state index is 13.0. The largest absolute Gasteiger partial charge is 0.332 e. The van der Waals surface area contributed by atoms with Crippen molar-refractivity contribution in [3.05, 3.63) is 52.0 Å². The molecule has 28 heavy (non-hydrogen) atoms. The van der Waals surface area contributed by atoms with Crippen LogP contribution in [0.1, 0.15) is 24.8 Å². The van der Waals surface area contributed by atoms with Gasteiger partial charge < -0.3 is 10.6 Å². The van der Waals surface area contributed by atoms with Crippen LogP contribution in [0.5, 0.6) is 0 Å². The van der Waals surface area contributed by atoms with E-state index in [9.17, 15) is 8.42 Å². The van der Waals surface area contributed by atoms with Crippen molar-refractivity contribution in [3.63, 3.8) is 0 Å². The highest BCUT2D eigenvalue weighted by Crippen LogP contribution is 2.27. The lowest BCUT2D eigenvalue weighted by Crippen LogP contribution is -2.36. The minimum atomic E-state index is -3.53. The molecular weight excluding hydrogens is 437 g/mol. The fraction of sp³-hybridized carbons (Fsp3) is 0.316. The van der Waals surface area contributed by atoms with Gasteiger partial charge >= 0.3 is 0 Å². The molecule has 1 heterocycles. The highest BCUT2D eigenvalue weighted by molar-refractivity contribution is 7.89. The van der Waals surface area contributed by atoms with Gasteiger partial charge in [-0.05, 0) is 67.9 Å². The Kier molecular flexibility index (Phi) is 6.83. The van der Waals surface area contributed by atoms with Gasteiger partial charge in [-0.15, -0.1) is 0 Å². The molecule has 0 aromatic heterocycles. The number of piperidine rings is 1. The summed E-state index contributed by atoms with van der Waals surface area (Å²) < 4.78 is 27.6. The Labute approximate surface area is 181 Å². The summed E-state index contributed by atoms with van der Waals surface area (Å²) in [6.45, 7) is 2.92. The van der Waals surface area contributed by atoms with E-state index in [0.717, 1.165) is 19.3 Å². The molecule has 1 aliphatic heterocycles. The van der Waals surface area contributed by atoms with E-state index in [1.54, 1.807) is 47.6 Å². The number of sulfonamides is 1. The van der Waals surface area contributed by atoms with Crippen molar-refractivity contribution in [3.8, 4) is 0 Å². The van der Waals surface area contributed by atoms with Crippen LogP contribution >= 0.6 is 35.4 Å². The van der Waals surface area contributed by atoms with E-state index in [0.29, 0.717) is 50.1 Å². The number of benzene rings is 2. The smallest absolute Gasteiger partial charge is 0.243 e. The number of aryl methyl sites for hydroxylation is 1. The van der Waals surface area contributed by atoms with Gasteiger partial charge in [-0.25, -0.2) is 8.42 Å². The van der Waals surface area contributed by atoms with E-state index >= 15 is 0 Å². The second-order valence-corrected chi connectivity index (χ2v) is 9.81. The van der Waals surface area contributed by atoms with E-state index in [4.69, 9.17) is 35.4 Å². The van der Waals surface area contributed by atoms with Crippen LogP contribution in [0.2, 0.25) is 10.0 Å². The summed E-state index contributed by atoms with van der Waals surface area (Å²) in [7, 11) is -3.53. The number of nitrogens with one attached hydrogen (secondary N) is 2. The molecule has 1 saturated heterocycles. The number of hydrogen-bond donors (Lipinski definition) is 2. The van der Waals surface area contributed by atoms with Gasteiger partial charge in [0, 0.05) is 23.8 Å². The Hall–Kier alpha value is -1.38. The van der Waals surface area contributed by atoms with E-state index in [2.05, 4.69) is 10.6 Å². The van der Waals surface area contributed by atoms with Gasteiger partial charge in [0.05, 0.1) is 15.6 Å². The minimum absolute atomic E-state index is 0.298. The highest BCUT2D eigenvalue weighted by atomic mass is 35.5. The predicted molar refractivity (Wildman–Crippen MR) is 120 cm³/mol. The second kappa shape index (κ2) is 8.97. The van der Waals surface area contributed by atoms with Gasteiger partial charge in [0.15, 0.2) is 5.11 Å². The van der Waals surface area contributed by atoms with E-state index < -0.39 is 10.0 Å². The molecule has 0 aliphatic carbocycles. The molecule has 0 atom stereocenters. The Balaban J connectivity index is 1.78. The normalized spacial score (nSPS) is 15.2. The molecule has 0 spiro atoms. The molecule has 3 rings (SSSR count). The molecule has 5 nitrogen and oxygen atoms in total. The van der Waals surface area contributed by atoms with Crippen LogP contribution in [0.15, 0.2) is 41.3 Å². The third-order valence-electron chi connectivity index (χ3n) is 4.56. The van der Waals surface area contributed by atoms with Crippen LogP contribution in [0.3, 0.4) is 0 Å². The number of rotatable bonds is 4. The van der Waals surface area contributed by atoms with E-state index in [1.165, 1.54) is 0 Å². The zero-order valence-corrected chi connectivity index (χ0v) is 18.5. The molecule has 0 amide bonds. The average Bonchev–Trinajstić information content (AvgIpc) is 2.66. The second-order valence-electron chi connectivity index (χ2n) is 6.65. The van der Waals surface area contributed by atoms with Crippen LogP contribution in [-0.4, -0.2) is 30.9 Å². The fourth-order valence-corrected chi connectivity index (χ4v) is 5.53. The zero-order valence-electron chi connectivity index (χ0n) is 15.3. The number of hydrogen-bond acceptors (Lipinski definition) is 3. The summed E-state index contributed by atoms with van der Waals surface area (Å²) in [5.74, 6) is 0. The van der Waals surface area contributed by atoms with Gasteiger partial charge in [-0.3, -0.25) is 0 Å². The molecule has 0 unspecified atom stereocenters. The maximum Gasteiger partial charge on any atom is 0.243 e. The van der Waals surface area contributed by atoms with Crippen molar-refractivity contribution in [2.75, 3.05) is 23.7 Å². The third kappa shape index (κ3) is 4.96. The molecule has 2 aromatic carbocycles. The first-order chi connectivity index (χ1) is 13.3. The van der Waals surface area contributed by atoms with Crippen molar-refractivity contribution in [1.82, 2.24) is 4.31 Å². The average molecular weight is 458 g/mol. The first-order valence-corrected chi connectivity index (χ1v) is 11.5. The minimum Gasteiger partial charge on any atom is -0.332 e. The van der Waals surface area contributed by atoms with E-state index in [1.807, 2.05) is 0 Å². The number of halogens is 2. The monoisotopic (exact) mass is 457 g/mol. The number of anilines is 2. The molecule has 0 bridgehead atoms. The van der Waals surface area contributed by atoms with Crippen molar-refractivity contribution in [1.29, 1.82) is 0 Å². The molecule has 2 N–H and O–H groups in total. The first kappa shape index (κ1) is 21.3. The van der Waals surface area contributed by atoms with Gasteiger partial charge in [0.2, 0.25) is 10.0 Å². The summed E-state index contributed by atoms with van der Waals surface area (Å²) >= 11 is 17.4. The van der Waals surface area contributed by atoms with Crippen LogP contribution in [0.25, 0.3) is 0 Å². The van der Waals surface area contributed by atoms with Gasteiger partial charge in [0.25, 0.3) is 0 Å². The fourth-order valence-electron chi connectivity index (χ4n) is 3.08. The lowest BCUT2D eigenvalue weighted by molar-refractivity contribution is 0.346. The quantitative estimate of drug-likeness (QED) is 0.610. The van der Waals surface area contributed by atoms with Gasteiger partial charge in [0.1, 0.15) is 0 Å². The van der Waals surface area contributed by atoms with Crippen molar-refractivity contribution in [2.24, 2.45) is 0 Å². The summed E-state index contributed by atoms with van der Waals surface area (Å²) in [5.41, 5.74) is 1.90. The molecule has 2 aromatic rings. The van der Waals surface area contributed by atoms with Gasteiger partial charge in [-0.1, -0.05) is 35.7 Å². The standard InChI is InChI=1S/C19H21Cl2N3O2S2/c1-13-5-7-15(12-18(13)28(25,26)24-9-3-2-4-10-24)22-19(27)23-17-8-6-14(20)11-16(17)21/h5-8,11-12H,2-4,9-10H2,1H3,(H2,22,23,27). The van der Waals surface area contributed by atoms with Crippen LogP contribution < -0.4 is 10.6 Å². The lowest BCUT2D eigenvalue weighted by atomic mass is 10.2. The van der Waals surface area contributed by atoms with Crippen molar-refractivity contribution in [2.45, 2.75) is 31.1 Å². The maximum absolute atomic E-state index is 13.0. The molecule has 9 heteroatoms. The van der Waals surface area contributed by atoms with Crippen LogP contribution in [-0.2, 0) is 10.0 Å². The van der Waals surface area contributed by atoms with Crippen LogP contribution in [0, 0.1) is 6.92 Å². The van der Waals surface area contributed by atoms with Gasteiger partial charge in [-0.2, -0.15) is 4.31 Å². The molecule has 1 fully saturated rings. The summed E-state index contributed by atoms with van der Waals surface area (Å²) in [6, 6.07) is 10.2. The molecule has 0 radical (unpaired) electrons. The SMILES string of the molecule is Cc1ccc(NC(=S)Nc2ccc(Cl)cc2Cl)cc1S(=O)(=O)N1CCCCC1. The Bertz CT molecular complexity index is 991. The molecule has 150 valence electrons. The molecule has 1 aliphatic rings.